The minimum atomic E-state index is -0.797. The van der Waals surface area contributed by atoms with Gasteiger partial charge < -0.3 is 20.0 Å². The predicted octanol–water partition coefficient (Wildman–Crippen LogP) is 4.15. The quantitative estimate of drug-likeness (QED) is 0.409. The summed E-state index contributed by atoms with van der Waals surface area (Å²) in [5, 5.41) is 12.6. The maximum absolute atomic E-state index is 13.4. The van der Waals surface area contributed by atoms with E-state index in [1.807, 2.05) is 36.9 Å². The maximum atomic E-state index is 13.4. The number of carbonyl (C=O) groups is 3. The third-order valence-corrected chi connectivity index (χ3v) is 7.99. The molecule has 9 nitrogen and oxygen atoms in total. The Balaban J connectivity index is 1.49. The van der Waals surface area contributed by atoms with E-state index >= 15 is 0 Å². The zero-order valence-electron chi connectivity index (χ0n) is 22.9. The molecule has 212 valence electrons. The van der Waals surface area contributed by atoms with Gasteiger partial charge in [-0.2, -0.15) is 4.99 Å². The normalized spacial score (nSPS) is 22.2. The molecule has 1 saturated carbocycles. The summed E-state index contributed by atoms with van der Waals surface area (Å²) < 4.78 is 15.5. The average Bonchev–Trinajstić information content (AvgIpc) is 3.53. The van der Waals surface area contributed by atoms with E-state index in [1.165, 1.54) is 24.3 Å². The number of halogens is 1. The lowest BCUT2D eigenvalue weighted by molar-refractivity contribution is -0.142. The van der Waals surface area contributed by atoms with Gasteiger partial charge in [-0.25, -0.2) is 4.39 Å². The molecule has 1 aliphatic heterocycles. The largest absolute Gasteiger partial charge is 0.480 e. The molecule has 2 amide bonds. The van der Waals surface area contributed by atoms with Crippen LogP contribution in [-0.4, -0.2) is 56.0 Å². The number of H-pyrrole nitrogens is 1. The smallest absolute Gasteiger partial charge is 0.320 e. The maximum Gasteiger partial charge on any atom is 0.320 e. The molecule has 3 N–H and O–H groups in total. The minimum Gasteiger partial charge on any atom is -0.480 e. The number of amides is 2. The summed E-state index contributed by atoms with van der Waals surface area (Å²) >= 11 is 0. The number of aromatic nitrogens is 2. The van der Waals surface area contributed by atoms with Crippen LogP contribution in [0.25, 0.3) is 11.0 Å². The van der Waals surface area contributed by atoms with Gasteiger partial charge in [0.1, 0.15) is 11.9 Å². The Kier molecular flexibility index (Phi) is 8.16. The fourth-order valence-corrected chi connectivity index (χ4v) is 6.01. The number of hydrogen-bond acceptors (Lipinski definition) is 4. The Hall–Kier alpha value is -3.79. The van der Waals surface area contributed by atoms with Crippen LogP contribution in [0.3, 0.4) is 0 Å². The van der Waals surface area contributed by atoms with Crippen molar-refractivity contribution in [3.8, 4) is 0 Å². The van der Waals surface area contributed by atoms with E-state index < -0.39 is 23.7 Å². The van der Waals surface area contributed by atoms with Crippen molar-refractivity contribution in [3.63, 3.8) is 0 Å². The molecule has 40 heavy (non-hydrogen) atoms. The molecule has 5 rings (SSSR count). The lowest BCUT2D eigenvalue weighted by Gasteiger charge is -2.29. The van der Waals surface area contributed by atoms with Gasteiger partial charge in [0.25, 0.3) is 5.91 Å². The summed E-state index contributed by atoms with van der Waals surface area (Å²) in [7, 11) is 0. The number of aliphatic carboxylic acids is 1. The van der Waals surface area contributed by atoms with Crippen molar-refractivity contribution >= 4 is 28.8 Å². The van der Waals surface area contributed by atoms with Gasteiger partial charge in [0, 0.05) is 30.1 Å². The van der Waals surface area contributed by atoms with Crippen LogP contribution >= 0.6 is 0 Å². The summed E-state index contributed by atoms with van der Waals surface area (Å²) in [5.41, 5.74) is 3.36. The van der Waals surface area contributed by atoms with Gasteiger partial charge in [-0.1, -0.05) is 6.07 Å². The van der Waals surface area contributed by atoms with Gasteiger partial charge in [-0.05, 0) is 101 Å². The Morgan fingerprint density at radius 3 is 2.48 bits per heavy atom. The number of rotatable bonds is 7. The second-order valence-corrected chi connectivity index (χ2v) is 11.2. The summed E-state index contributed by atoms with van der Waals surface area (Å²) in [6, 6.07) is 10.9. The van der Waals surface area contributed by atoms with Crippen molar-refractivity contribution < 1.29 is 23.9 Å². The standard InChI is InChI=1S/C30H36FN5O4/c1-18(2)32-27(37)21-8-12-23(13-9-21)36-26-16-19(17-35-15-3-4-25(35)29(39)40)5-14-24(26)33-30(36)34-28(38)20-6-10-22(31)11-7-20/h5-7,10-11,14,16,18,21,23,25H,3-4,8-9,12-13,15,17H2,1-2H3,(H,32,37)(H,39,40)(H,33,34,38)/t21-,23+,25-/m0/s1. The number of carboxylic acids is 1. The van der Waals surface area contributed by atoms with E-state index in [0.29, 0.717) is 18.6 Å². The van der Waals surface area contributed by atoms with Crippen LogP contribution in [0.1, 0.15) is 74.3 Å². The topological polar surface area (TPSA) is 120 Å². The molecule has 2 aliphatic rings. The number of likely N-dealkylation sites (tertiary alicyclic amines) is 1. The van der Waals surface area contributed by atoms with E-state index in [0.717, 1.165) is 55.2 Å². The number of carboxylic acid groups (broad SMARTS) is 1. The van der Waals surface area contributed by atoms with Gasteiger partial charge in [0.2, 0.25) is 11.5 Å². The zero-order valence-corrected chi connectivity index (χ0v) is 22.9. The molecule has 2 fully saturated rings. The Bertz CT molecular complexity index is 1470. The summed E-state index contributed by atoms with van der Waals surface area (Å²) in [4.78, 5) is 47.1. The van der Waals surface area contributed by atoms with Crippen LogP contribution in [0.2, 0.25) is 0 Å². The van der Waals surface area contributed by atoms with Crippen LogP contribution < -0.4 is 10.9 Å². The molecular formula is C30H36FN5O4. The lowest BCUT2D eigenvalue weighted by atomic mass is 9.85. The third-order valence-electron chi connectivity index (χ3n) is 7.99. The number of hydrogen-bond donors (Lipinski definition) is 3. The van der Waals surface area contributed by atoms with Gasteiger partial charge in [0.05, 0.1) is 11.0 Å². The van der Waals surface area contributed by atoms with Gasteiger partial charge >= 0.3 is 5.97 Å². The summed E-state index contributed by atoms with van der Waals surface area (Å²) in [6.45, 7) is 5.16. The first-order chi connectivity index (χ1) is 19.2. The number of nitrogens with zero attached hydrogens (tertiary/aromatic N) is 3. The number of nitrogens with one attached hydrogen (secondary N) is 2. The SMILES string of the molecule is CC(C)NC(=O)[C@H]1CC[C@@H](n2/c(=N/C(=O)c3ccc(F)cc3)[nH]c3ccc(CN4CCC[C@H]4C(=O)O)cc32)CC1. The average molecular weight is 550 g/mol. The molecule has 1 aromatic heterocycles. The number of benzene rings is 2. The first kappa shape index (κ1) is 27.8. The molecule has 0 bridgehead atoms. The first-order valence-electron chi connectivity index (χ1n) is 14.0. The number of aromatic amines is 1. The first-order valence-corrected chi connectivity index (χ1v) is 14.0. The second kappa shape index (κ2) is 11.8. The van der Waals surface area contributed by atoms with Crippen molar-refractivity contribution in [2.75, 3.05) is 6.54 Å². The van der Waals surface area contributed by atoms with Gasteiger partial charge in [0.15, 0.2) is 0 Å². The van der Waals surface area contributed by atoms with Crippen molar-refractivity contribution in [2.45, 2.75) is 77.0 Å². The van der Waals surface area contributed by atoms with Crippen LogP contribution in [-0.2, 0) is 16.1 Å². The highest BCUT2D eigenvalue weighted by molar-refractivity contribution is 5.95. The number of imidazole rings is 1. The fourth-order valence-electron chi connectivity index (χ4n) is 6.01. The molecule has 2 heterocycles. The molecule has 1 saturated heterocycles. The monoisotopic (exact) mass is 549 g/mol. The zero-order chi connectivity index (χ0) is 28.4. The van der Waals surface area contributed by atoms with Crippen LogP contribution in [0.15, 0.2) is 47.5 Å². The Labute approximate surface area is 232 Å². The van der Waals surface area contributed by atoms with Crippen LogP contribution in [0.4, 0.5) is 4.39 Å². The highest BCUT2D eigenvalue weighted by Crippen LogP contribution is 2.34. The molecule has 1 aliphatic carbocycles. The van der Waals surface area contributed by atoms with E-state index in [-0.39, 0.29) is 29.5 Å². The molecular weight excluding hydrogens is 513 g/mol. The Morgan fingerprint density at radius 2 is 1.80 bits per heavy atom. The fraction of sp³-hybridized carbons (Fsp3) is 0.467. The molecule has 2 aromatic carbocycles. The minimum absolute atomic E-state index is 0.0189. The van der Waals surface area contributed by atoms with E-state index in [9.17, 15) is 23.9 Å². The molecule has 0 spiro atoms. The molecule has 0 unspecified atom stereocenters. The number of fused-ring (bicyclic) bond motifs is 1. The van der Waals surface area contributed by atoms with Crippen molar-refractivity contribution in [3.05, 3.63) is 65.0 Å². The molecule has 3 aromatic rings. The summed E-state index contributed by atoms with van der Waals surface area (Å²) in [6.07, 6.45) is 4.44. The van der Waals surface area contributed by atoms with Crippen molar-refractivity contribution in [1.29, 1.82) is 0 Å². The molecule has 10 heteroatoms. The van der Waals surface area contributed by atoms with Gasteiger partial charge in [-0.3, -0.25) is 19.3 Å². The predicted molar refractivity (Wildman–Crippen MR) is 148 cm³/mol. The summed E-state index contributed by atoms with van der Waals surface area (Å²) in [5.74, 6) is -1.67. The second-order valence-electron chi connectivity index (χ2n) is 11.2. The van der Waals surface area contributed by atoms with E-state index in [4.69, 9.17) is 0 Å². The molecule has 0 radical (unpaired) electrons. The van der Waals surface area contributed by atoms with Crippen LogP contribution in [0, 0.1) is 11.7 Å². The molecule has 1 atom stereocenters. The van der Waals surface area contributed by atoms with Crippen LogP contribution in [0.5, 0.6) is 0 Å². The van der Waals surface area contributed by atoms with E-state index in [2.05, 4.69) is 19.9 Å². The lowest BCUT2D eigenvalue weighted by Crippen LogP contribution is -2.38. The highest BCUT2D eigenvalue weighted by atomic mass is 19.1. The third kappa shape index (κ3) is 6.01. The van der Waals surface area contributed by atoms with E-state index in [1.54, 1.807) is 0 Å². The highest BCUT2D eigenvalue weighted by Gasteiger charge is 2.31. The number of carbonyl (C=O) groups excluding carboxylic acids is 2. The van der Waals surface area contributed by atoms with Crippen molar-refractivity contribution in [1.82, 2.24) is 19.8 Å². The van der Waals surface area contributed by atoms with Crippen molar-refractivity contribution in [2.24, 2.45) is 10.9 Å². The Morgan fingerprint density at radius 1 is 1.07 bits per heavy atom. The van der Waals surface area contributed by atoms with Gasteiger partial charge in [-0.15, -0.1) is 0 Å².